The molecular formula is C10H16Cl2O2. The predicted molar refractivity (Wildman–Crippen MR) is 58.7 cm³/mol. The van der Waals surface area contributed by atoms with E-state index in [0.29, 0.717) is 12.8 Å². The van der Waals surface area contributed by atoms with Crippen molar-refractivity contribution in [3.05, 3.63) is 0 Å². The van der Waals surface area contributed by atoms with Crippen LogP contribution in [0.25, 0.3) is 0 Å². The van der Waals surface area contributed by atoms with Gasteiger partial charge in [-0.1, -0.05) is 25.7 Å². The van der Waals surface area contributed by atoms with Crippen LogP contribution in [-0.2, 0) is 9.59 Å². The summed E-state index contributed by atoms with van der Waals surface area (Å²) in [5.74, 6) is 0. The van der Waals surface area contributed by atoms with E-state index in [-0.39, 0.29) is 10.5 Å². The van der Waals surface area contributed by atoms with Gasteiger partial charge in [-0.15, -0.1) is 0 Å². The highest BCUT2D eigenvalue weighted by Gasteiger charge is 1.97. The molecule has 0 bridgehead atoms. The van der Waals surface area contributed by atoms with E-state index in [1.807, 2.05) is 0 Å². The van der Waals surface area contributed by atoms with Gasteiger partial charge in [-0.2, -0.15) is 0 Å². The molecule has 0 fully saturated rings. The first-order valence-corrected chi connectivity index (χ1v) is 5.75. The van der Waals surface area contributed by atoms with E-state index in [9.17, 15) is 9.59 Å². The fourth-order valence-electron chi connectivity index (χ4n) is 1.24. The van der Waals surface area contributed by atoms with Gasteiger partial charge in [-0.3, -0.25) is 9.59 Å². The van der Waals surface area contributed by atoms with Crippen LogP contribution >= 0.6 is 23.2 Å². The van der Waals surface area contributed by atoms with Crippen LogP contribution in [0.5, 0.6) is 0 Å². The van der Waals surface area contributed by atoms with Crippen molar-refractivity contribution in [1.29, 1.82) is 0 Å². The molecule has 14 heavy (non-hydrogen) atoms. The van der Waals surface area contributed by atoms with Crippen molar-refractivity contribution < 1.29 is 9.59 Å². The third-order valence-corrected chi connectivity index (χ3v) is 2.37. The van der Waals surface area contributed by atoms with E-state index in [4.69, 9.17) is 23.2 Å². The molecule has 0 atom stereocenters. The lowest BCUT2D eigenvalue weighted by atomic mass is 10.1. The summed E-state index contributed by atoms with van der Waals surface area (Å²) in [4.78, 5) is 20.7. The summed E-state index contributed by atoms with van der Waals surface area (Å²) in [6.07, 6.45) is 6.96. The number of rotatable bonds is 9. The lowest BCUT2D eigenvalue weighted by Gasteiger charge is -1.98. The Morgan fingerprint density at radius 2 is 0.929 bits per heavy atom. The summed E-state index contributed by atoms with van der Waals surface area (Å²) in [7, 11) is 0. The van der Waals surface area contributed by atoms with Gasteiger partial charge >= 0.3 is 0 Å². The van der Waals surface area contributed by atoms with Crippen LogP contribution in [-0.4, -0.2) is 10.5 Å². The summed E-state index contributed by atoms with van der Waals surface area (Å²) < 4.78 is 0. The quantitative estimate of drug-likeness (QED) is 0.454. The molecule has 0 N–H and O–H groups in total. The second-order valence-corrected chi connectivity index (χ2v) is 4.17. The smallest absolute Gasteiger partial charge is 0.221 e. The van der Waals surface area contributed by atoms with Gasteiger partial charge in [0.15, 0.2) is 0 Å². The average molecular weight is 239 g/mol. The van der Waals surface area contributed by atoms with Crippen LogP contribution in [0, 0.1) is 0 Å². The van der Waals surface area contributed by atoms with Crippen molar-refractivity contribution in [1.82, 2.24) is 0 Å². The van der Waals surface area contributed by atoms with Gasteiger partial charge in [0.05, 0.1) is 0 Å². The third kappa shape index (κ3) is 11.9. The molecule has 0 saturated carbocycles. The Balaban J connectivity index is 2.99. The second-order valence-electron chi connectivity index (χ2n) is 3.33. The number of unbranched alkanes of at least 4 members (excludes halogenated alkanes) is 5. The van der Waals surface area contributed by atoms with Crippen molar-refractivity contribution in [2.24, 2.45) is 0 Å². The largest absolute Gasteiger partial charge is 0.281 e. The monoisotopic (exact) mass is 238 g/mol. The summed E-state index contributed by atoms with van der Waals surface area (Å²) >= 11 is 10.4. The van der Waals surface area contributed by atoms with E-state index in [1.165, 1.54) is 0 Å². The molecule has 0 heterocycles. The number of carbonyl (C=O) groups is 2. The van der Waals surface area contributed by atoms with Gasteiger partial charge in [0, 0.05) is 12.8 Å². The van der Waals surface area contributed by atoms with Crippen LogP contribution in [0.4, 0.5) is 0 Å². The molecule has 82 valence electrons. The maximum Gasteiger partial charge on any atom is 0.221 e. The van der Waals surface area contributed by atoms with Gasteiger partial charge in [0.2, 0.25) is 10.5 Å². The zero-order chi connectivity index (χ0) is 10.8. The number of halogens is 2. The third-order valence-electron chi connectivity index (χ3n) is 2.00. The number of carbonyl (C=O) groups excluding carboxylic acids is 2. The molecule has 0 spiro atoms. The highest BCUT2D eigenvalue weighted by atomic mass is 35.5. The fraction of sp³-hybridized carbons (Fsp3) is 0.800. The van der Waals surface area contributed by atoms with Gasteiger partial charge in [-0.25, -0.2) is 0 Å². The Morgan fingerprint density at radius 3 is 1.21 bits per heavy atom. The Morgan fingerprint density at radius 1 is 0.643 bits per heavy atom. The first kappa shape index (κ1) is 13.9. The first-order valence-electron chi connectivity index (χ1n) is 4.99. The average Bonchev–Trinajstić information content (AvgIpc) is 2.08. The number of hydrogen-bond donors (Lipinski definition) is 0. The van der Waals surface area contributed by atoms with Gasteiger partial charge in [0.1, 0.15) is 0 Å². The highest BCUT2D eigenvalue weighted by molar-refractivity contribution is 6.63. The highest BCUT2D eigenvalue weighted by Crippen LogP contribution is 2.09. The Bertz CT molecular complexity index is 161. The summed E-state index contributed by atoms with van der Waals surface area (Å²) in [6, 6.07) is 0. The number of hydrogen-bond acceptors (Lipinski definition) is 2. The summed E-state index contributed by atoms with van der Waals surface area (Å²) in [5.41, 5.74) is 0. The maximum atomic E-state index is 10.4. The van der Waals surface area contributed by atoms with Crippen LogP contribution in [0.2, 0.25) is 0 Å². The minimum absolute atomic E-state index is 0.252. The maximum absolute atomic E-state index is 10.4. The molecule has 0 aromatic carbocycles. The summed E-state index contributed by atoms with van der Waals surface area (Å²) in [5, 5.41) is -0.504. The molecule has 0 aromatic rings. The molecule has 0 aliphatic carbocycles. The van der Waals surface area contributed by atoms with Gasteiger partial charge in [0.25, 0.3) is 0 Å². The van der Waals surface area contributed by atoms with E-state index in [0.717, 1.165) is 38.5 Å². The normalized spacial score (nSPS) is 10.1. The lowest BCUT2D eigenvalue weighted by molar-refractivity contribution is -0.112. The molecule has 0 aromatic heterocycles. The molecule has 2 nitrogen and oxygen atoms in total. The summed E-state index contributed by atoms with van der Waals surface area (Å²) in [6.45, 7) is 0. The standard InChI is InChI=1S/C10H16Cl2O2/c11-9(13)7-5-3-1-2-4-6-8-10(12)14/h1-8H2. The van der Waals surface area contributed by atoms with E-state index in [1.54, 1.807) is 0 Å². The lowest BCUT2D eigenvalue weighted by Crippen LogP contribution is -1.88. The Hall–Kier alpha value is -0.0800. The van der Waals surface area contributed by atoms with Crippen molar-refractivity contribution in [3.63, 3.8) is 0 Å². The van der Waals surface area contributed by atoms with Gasteiger partial charge < -0.3 is 0 Å². The van der Waals surface area contributed by atoms with E-state index >= 15 is 0 Å². The van der Waals surface area contributed by atoms with Crippen LogP contribution in [0.15, 0.2) is 0 Å². The molecular weight excluding hydrogens is 223 g/mol. The molecule has 0 amide bonds. The Kier molecular flexibility index (Phi) is 9.42. The van der Waals surface area contributed by atoms with Crippen molar-refractivity contribution in [2.45, 2.75) is 51.4 Å². The minimum atomic E-state index is -0.252. The van der Waals surface area contributed by atoms with E-state index < -0.39 is 0 Å². The predicted octanol–water partition coefficient (Wildman–Crippen LogP) is 3.64. The zero-order valence-corrected chi connectivity index (χ0v) is 9.74. The van der Waals surface area contributed by atoms with Crippen molar-refractivity contribution >= 4 is 33.7 Å². The molecule has 0 aliphatic rings. The van der Waals surface area contributed by atoms with E-state index in [2.05, 4.69) is 0 Å². The molecule has 0 aliphatic heterocycles. The molecule has 0 radical (unpaired) electrons. The molecule has 4 heteroatoms. The zero-order valence-electron chi connectivity index (χ0n) is 8.23. The molecule has 0 saturated heterocycles. The van der Waals surface area contributed by atoms with Crippen molar-refractivity contribution in [2.75, 3.05) is 0 Å². The van der Waals surface area contributed by atoms with Crippen LogP contribution in [0.1, 0.15) is 51.4 Å². The molecule has 0 unspecified atom stereocenters. The van der Waals surface area contributed by atoms with Crippen molar-refractivity contribution in [3.8, 4) is 0 Å². The fourth-order valence-corrected chi connectivity index (χ4v) is 1.50. The minimum Gasteiger partial charge on any atom is -0.281 e. The topological polar surface area (TPSA) is 34.1 Å². The second kappa shape index (κ2) is 9.47. The van der Waals surface area contributed by atoms with Gasteiger partial charge in [-0.05, 0) is 36.0 Å². The van der Waals surface area contributed by atoms with Crippen LogP contribution in [0.3, 0.4) is 0 Å². The van der Waals surface area contributed by atoms with Crippen LogP contribution < -0.4 is 0 Å². The first-order chi connectivity index (χ1) is 6.63. The Labute approximate surface area is 95.0 Å². The molecule has 0 rings (SSSR count). The SMILES string of the molecule is O=C(Cl)CCCCCCCCC(=O)Cl.